The van der Waals surface area contributed by atoms with E-state index >= 15 is 0 Å². The van der Waals surface area contributed by atoms with Crippen LogP contribution in [-0.4, -0.2) is 53.7 Å². The molecule has 2 aliphatic rings. The molecule has 0 atom stereocenters. The highest BCUT2D eigenvalue weighted by Crippen LogP contribution is 2.33. The van der Waals surface area contributed by atoms with Gasteiger partial charge >= 0.3 is 0 Å². The molecule has 1 amide bonds. The van der Waals surface area contributed by atoms with Crippen molar-refractivity contribution < 1.29 is 14.3 Å². The van der Waals surface area contributed by atoms with Gasteiger partial charge in [-0.2, -0.15) is 0 Å². The second-order valence-corrected chi connectivity index (χ2v) is 8.44. The number of carbonyl (C=O) groups excluding carboxylic acids is 1. The predicted octanol–water partition coefficient (Wildman–Crippen LogP) is 2.52. The maximum atomic E-state index is 12.4. The van der Waals surface area contributed by atoms with E-state index < -0.39 is 0 Å². The lowest BCUT2D eigenvalue weighted by atomic mass is 10.1. The van der Waals surface area contributed by atoms with Crippen molar-refractivity contribution in [1.82, 2.24) is 20.3 Å². The smallest absolute Gasteiger partial charge is 0.269 e. The molecule has 1 saturated heterocycles. The Balaban J connectivity index is 1.18. The number of hydrogen-bond donors (Lipinski definition) is 3. The molecule has 0 saturated carbocycles. The molecular formula is C23H24ClN7O3. The summed E-state index contributed by atoms with van der Waals surface area (Å²) >= 11 is 5.96. The maximum Gasteiger partial charge on any atom is 0.269 e. The second kappa shape index (κ2) is 9.62. The second-order valence-electron chi connectivity index (χ2n) is 8.00. The normalized spacial score (nSPS) is 15.3. The molecular weight excluding hydrogens is 458 g/mol. The van der Waals surface area contributed by atoms with Crippen LogP contribution in [0.1, 0.15) is 15.9 Å². The number of aromatic nitrogens is 2. The van der Waals surface area contributed by atoms with E-state index in [9.17, 15) is 4.79 Å². The quantitative estimate of drug-likeness (QED) is 0.456. The summed E-state index contributed by atoms with van der Waals surface area (Å²) in [5.74, 6) is 2.22. The van der Waals surface area contributed by atoms with Crippen molar-refractivity contribution in [1.29, 1.82) is 0 Å². The first-order chi connectivity index (χ1) is 16.6. The van der Waals surface area contributed by atoms with Gasteiger partial charge in [-0.3, -0.25) is 20.5 Å². The van der Waals surface area contributed by atoms with Crippen molar-refractivity contribution in [2.24, 2.45) is 0 Å². The molecule has 0 radical (unpaired) electrons. The molecule has 10 nitrogen and oxygen atoms in total. The summed E-state index contributed by atoms with van der Waals surface area (Å²) in [6.07, 6.45) is 1.43. The Labute approximate surface area is 201 Å². The van der Waals surface area contributed by atoms with Crippen LogP contribution in [0.5, 0.6) is 11.5 Å². The summed E-state index contributed by atoms with van der Waals surface area (Å²) in [6, 6.07) is 12.7. The molecule has 176 valence electrons. The number of ether oxygens (including phenoxy) is 2. The highest BCUT2D eigenvalue weighted by molar-refractivity contribution is 6.30. The average molecular weight is 482 g/mol. The van der Waals surface area contributed by atoms with Crippen molar-refractivity contribution in [3.05, 3.63) is 64.9 Å². The Morgan fingerprint density at radius 1 is 1.06 bits per heavy atom. The molecule has 0 aliphatic carbocycles. The first kappa shape index (κ1) is 22.1. The zero-order valence-corrected chi connectivity index (χ0v) is 19.1. The van der Waals surface area contributed by atoms with Crippen LogP contribution >= 0.6 is 11.6 Å². The monoisotopic (exact) mass is 481 g/mol. The molecule has 0 spiro atoms. The van der Waals surface area contributed by atoms with E-state index in [2.05, 4.69) is 36.7 Å². The Hall–Kier alpha value is -3.76. The van der Waals surface area contributed by atoms with Crippen LogP contribution < -0.4 is 31.0 Å². The van der Waals surface area contributed by atoms with Crippen molar-refractivity contribution in [2.75, 3.05) is 49.0 Å². The lowest BCUT2D eigenvalue weighted by Crippen LogP contribution is -2.46. The minimum atomic E-state index is -0.348. The van der Waals surface area contributed by atoms with Gasteiger partial charge < -0.3 is 20.1 Å². The molecule has 0 unspecified atom stereocenters. The number of benzene rings is 2. The SMILES string of the molecule is Nc1c(NNC(=O)c2cccc(Cl)c2)ncnc1N1CCN(Cc2ccc3c(c2)OCO3)CC1. The van der Waals surface area contributed by atoms with Gasteiger partial charge in [0.1, 0.15) is 12.0 Å². The van der Waals surface area contributed by atoms with Crippen molar-refractivity contribution >= 4 is 34.8 Å². The Bertz CT molecular complexity index is 1200. The van der Waals surface area contributed by atoms with Crippen LogP contribution in [0.15, 0.2) is 48.8 Å². The highest BCUT2D eigenvalue weighted by atomic mass is 35.5. The lowest BCUT2D eigenvalue weighted by molar-refractivity contribution is 0.0962. The van der Waals surface area contributed by atoms with E-state index in [-0.39, 0.29) is 12.7 Å². The largest absolute Gasteiger partial charge is 0.454 e. The Kier molecular flexibility index (Phi) is 6.24. The topological polar surface area (TPSA) is 118 Å². The number of piperazine rings is 1. The summed E-state index contributed by atoms with van der Waals surface area (Å²) in [5, 5.41) is 0.481. The number of hydrogen-bond acceptors (Lipinski definition) is 9. The van der Waals surface area contributed by atoms with Crippen LogP contribution in [0.3, 0.4) is 0 Å². The fourth-order valence-corrected chi connectivity index (χ4v) is 4.16. The molecule has 2 aromatic carbocycles. The molecule has 34 heavy (non-hydrogen) atoms. The van der Waals surface area contributed by atoms with Gasteiger partial charge in [0, 0.05) is 43.3 Å². The van der Waals surface area contributed by atoms with Gasteiger partial charge in [-0.05, 0) is 35.9 Å². The summed E-state index contributed by atoms with van der Waals surface area (Å²) < 4.78 is 10.9. The van der Waals surface area contributed by atoms with Gasteiger partial charge in [-0.25, -0.2) is 9.97 Å². The third kappa shape index (κ3) is 4.78. The van der Waals surface area contributed by atoms with Crippen LogP contribution in [0.4, 0.5) is 17.3 Å². The molecule has 4 N–H and O–H groups in total. The van der Waals surface area contributed by atoms with Gasteiger partial charge in [0.2, 0.25) is 6.79 Å². The van der Waals surface area contributed by atoms with Crippen LogP contribution in [0, 0.1) is 0 Å². The van der Waals surface area contributed by atoms with E-state index in [0.29, 0.717) is 27.9 Å². The first-order valence-corrected chi connectivity index (χ1v) is 11.2. The summed E-state index contributed by atoms with van der Waals surface area (Å²) in [7, 11) is 0. The third-order valence-corrected chi connectivity index (χ3v) is 5.99. The van der Waals surface area contributed by atoms with E-state index in [1.165, 1.54) is 11.9 Å². The van der Waals surface area contributed by atoms with Gasteiger partial charge in [-0.1, -0.05) is 23.7 Å². The van der Waals surface area contributed by atoms with E-state index in [1.807, 2.05) is 12.1 Å². The van der Waals surface area contributed by atoms with Crippen LogP contribution in [0.2, 0.25) is 5.02 Å². The van der Waals surface area contributed by atoms with Gasteiger partial charge in [0.05, 0.1) is 0 Å². The Morgan fingerprint density at radius 3 is 2.71 bits per heavy atom. The fraction of sp³-hybridized carbons (Fsp3) is 0.261. The number of anilines is 3. The molecule has 3 aromatic rings. The number of rotatable bonds is 6. The molecule has 5 rings (SSSR count). The molecule has 0 bridgehead atoms. The number of amides is 1. The fourth-order valence-electron chi connectivity index (χ4n) is 3.97. The number of halogens is 1. The summed E-state index contributed by atoms with van der Waals surface area (Å²) in [4.78, 5) is 25.4. The van der Waals surface area contributed by atoms with Gasteiger partial charge in [-0.15, -0.1) is 0 Å². The first-order valence-electron chi connectivity index (χ1n) is 10.8. The zero-order valence-electron chi connectivity index (χ0n) is 18.3. The lowest BCUT2D eigenvalue weighted by Gasteiger charge is -2.36. The number of nitrogens with one attached hydrogen (secondary N) is 2. The van der Waals surface area contributed by atoms with E-state index in [4.69, 9.17) is 26.8 Å². The zero-order chi connectivity index (χ0) is 23.5. The van der Waals surface area contributed by atoms with E-state index in [0.717, 1.165) is 44.2 Å². The molecule has 2 aliphatic heterocycles. The van der Waals surface area contributed by atoms with E-state index in [1.54, 1.807) is 24.3 Å². The maximum absolute atomic E-state index is 12.4. The number of fused-ring (bicyclic) bond motifs is 1. The van der Waals surface area contributed by atoms with Crippen molar-refractivity contribution in [3.63, 3.8) is 0 Å². The standard InChI is InChI=1S/C23H24ClN7O3/c24-17-3-1-2-16(11-17)23(32)29-28-21-20(25)22(27-13-26-21)31-8-6-30(7-9-31)12-15-4-5-18-19(10-15)34-14-33-18/h1-5,10-11,13H,6-9,12,14,25H2,(H,29,32)(H,26,27,28). The minimum absolute atomic E-state index is 0.277. The van der Waals surface area contributed by atoms with Crippen molar-refractivity contribution in [3.8, 4) is 11.5 Å². The van der Waals surface area contributed by atoms with Gasteiger partial charge in [0.15, 0.2) is 23.1 Å². The number of nitrogens with zero attached hydrogens (tertiary/aromatic N) is 4. The minimum Gasteiger partial charge on any atom is -0.454 e. The number of hydrazine groups is 1. The third-order valence-electron chi connectivity index (χ3n) is 5.76. The summed E-state index contributed by atoms with van der Waals surface area (Å²) in [5.41, 5.74) is 13.7. The Morgan fingerprint density at radius 2 is 1.88 bits per heavy atom. The van der Waals surface area contributed by atoms with Gasteiger partial charge in [0.25, 0.3) is 5.91 Å². The van der Waals surface area contributed by atoms with Crippen molar-refractivity contribution in [2.45, 2.75) is 6.54 Å². The molecule has 1 fully saturated rings. The van der Waals surface area contributed by atoms with Crippen LogP contribution in [0.25, 0.3) is 0 Å². The number of nitrogen functional groups attached to an aromatic ring is 1. The number of carbonyl (C=O) groups is 1. The highest BCUT2D eigenvalue weighted by Gasteiger charge is 2.22. The summed E-state index contributed by atoms with van der Waals surface area (Å²) in [6.45, 7) is 4.34. The number of nitrogens with two attached hydrogens (primary N) is 1. The molecule has 3 heterocycles. The average Bonchev–Trinajstić information content (AvgIpc) is 3.32. The van der Waals surface area contributed by atoms with Crippen LogP contribution in [-0.2, 0) is 6.54 Å². The predicted molar refractivity (Wildman–Crippen MR) is 129 cm³/mol. The molecule has 1 aromatic heterocycles. The molecule has 11 heteroatoms.